The monoisotopic (exact) mass is 735 g/mol. The van der Waals surface area contributed by atoms with E-state index >= 15 is 0 Å². The smallest absolute Gasteiger partial charge is 0.309 e. The van der Waals surface area contributed by atoms with Gasteiger partial charge in [-0.05, 0) is 134 Å². The van der Waals surface area contributed by atoms with Gasteiger partial charge in [-0.2, -0.15) is 0 Å². The molecule has 0 amide bonds. The second-order valence-electron chi connectivity index (χ2n) is 22.1. The normalized spacial score (nSPS) is 43.9. The van der Waals surface area contributed by atoms with Crippen LogP contribution in [0.1, 0.15) is 165 Å². The molecular formula is C46H74N2O5. The van der Waals surface area contributed by atoms with E-state index in [2.05, 4.69) is 53.8 Å². The summed E-state index contributed by atoms with van der Waals surface area (Å²) in [6.07, 6.45) is 16.9. The van der Waals surface area contributed by atoms with E-state index in [1.807, 2.05) is 13.8 Å². The predicted molar refractivity (Wildman–Crippen MR) is 210 cm³/mol. The number of carbonyl (C=O) groups is 3. The van der Waals surface area contributed by atoms with Crippen LogP contribution in [0.2, 0.25) is 0 Å². The van der Waals surface area contributed by atoms with Crippen molar-refractivity contribution in [2.75, 3.05) is 13.1 Å². The topological polar surface area (TPSA) is 119 Å². The maximum absolute atomic E-state index is 14.1. The summed E-state index contributed by atoms with van der Waals surface area (Å²) in [6, 6.07) is 0. The highest BCUT2D eigenvalue weighted by Gasteiger charge is 2.70. The van der Waals surface area contributed by atoms with Crippen molar-refractivity contribution in [3.8, 4) is 0 Å². The Bertz CT molecular complexity index is 1520. The molecule has 6 saturated carbocycles. The largest absolute Gasteiger partial charge is 0.481 e. The fraction of sp³-hybridized carbons (Fsp3) is 0.891. The number of carboxylic acids is 1. The maximum Gasteiger partial charge on any atom is 0.309 e. The lowest BCUT2D eigenvalue weighted by Crippen LogP contribution is -2.66. The first kappa shape index (κ1) is 39.5. The summed E-state index contributed by atoms with van der Waals surface area (Å²) in [5.41, 5.74) is 9.18. The Labute approximate surface area is 321 Å². The van der Waals surface area contributed by atoms with Crippen molar-refractivity contribution in [2.45, 2.75) is 177 Å². The first-order chi connectivity index (χ1) is 24.7. The summed E-state index contributed by atoms with van der Waals surface area (Å²) >= 11 is 0. The molecule has 0 heterocycles. The minimum absolute atomic E-state index is 0.0180. The van der Waals surface area contributed by atoms with Gasteiger partial charge < -0.3 is 20.9 Å². The second-order valence-corrected chi connectivity index (χ2v) is 22.1. The molecule has 0 radical (unpaired) electrons. The Morgan fingerprint density at radius 1 is 0.830 bits per heavy atom. The highest BCUT2D eigenvalue weighted by molar-refractivity contribution is 6.00. The molecule has 7 aliphatic rings. The number of nitrogens with two attached hydrogens (primary N) is 1. The number of rotatable bonds is 9. The first-order valence-corrected chi connectivity index (χ1v) is 21.9. The van der Waals surface area contributed by atoms with Crippen molar-refractivity contribution in [3.05, 3.63) is 11.1 Å². The van der Waals surface area contributed by atoms with Crippen LogP contribution in [-0.4, -0.2) is 47.6 Å². The molecule has 0 aromatic heterocycles. The summed E-state index contributed by atoms with van der Waals surface area (Å²) in [4.78, 5) is 39.4. The van der Waals surface area contributed by atoms with Gasteiger partial charge in [0, 0.05) is 29.3 Å². The van der Waals surface area contributed by atoms with Crippen molar-refractivity contribution in [2.24, 2.45) is 73.7 Å². The van der Waals surface area contributed by atoms with Crippen LogP contribution >= 0.6 is 0 Å². The van der Waals surface area contributed by atoms with Crippen molar-refractivity contribution >= 4 is 17.7 Å². The van der Waals surface area contributed by atoms with Crippen LogP contribution < -0.4 is 11.1 Å². The number of nitrogens with one attached hydrogen (secondary N) is 1. The molecular weight excluding hydrogens is 661 g/mol. The zero-order valence-electron chi connectivity index (χ0n) is 34.9. The molecule has 10 atom stereocenters. The number of hydrogen-bond acceptors (Lipinski definition) is 6. The van der Waals surface area contributed by atoms with E-state index < -0.39 is 17.3 Å². The molecule has 7 heteroatoms. The van der Waals surface area contributed by atoms with Crippen LogP contribution in [0.25, 0.3) is 0 Å². The fourth-order valence-electron chi connectivity index (χ4n) is 15.3. The predicted octanol–water partition coefficient (Wildman–Crippen LogP) is 9.27. The molecule has 53 heavy (non-hydrogen) atoms. The molecule has 298 valence electrons. The van der Waals surface area contributed by atoms with Crippen LogP contribution in [0.3, 0.4) is 0 Å². The molecule has 0 spiro atoms. The van der Waals surface area contributed by atoms with Crippen molar-refractivity contribution < 1.29 is 24.2 Å². The molecule has 0 aromatic carbocycles. The van der Waals surface area contributed by atoms with Crippen LogP contribution in [0.4, 0.5) is 0 Å². The van der Waals surface area contributed by atoms with Gasteiger partial charge in [0.25, 0.3) is 0 Å². The van der Waals surface area contributed by atoms with Gasteiger partial charge in [-0.3, -0.25) is 14.4 Å². The van der Waals surface area contributed by atoms with Gasteiger partial charge in [-0.15, -0.1) is 0 Å². The van der Waals surface area contributed by atoms with E-state index in [0.29, 0.717) is 36.4 Å². The van der Waals surface area contributed by atoms with Crippen LogP contribution in [0.5, 0.6) is 0 Å². The van der Waals surface area contributed by atoms with Crippen molar-refractivity contribution in [1.82, 2.24) is 5.32 Å². The minimum atomic E-state index is -0.812. The lowest BCUT2D eigenvalue weighted by atomic mass is 9.33. The van der Waals surface area contributed by atoms with Gasteiger partial charge in [0.15, 0.2) is 5.78 Å². The summed E-state index contributed by atoms with van der Waals surface area (Å²) in [5.74, 6) is 0.303. The van der Waals surface area contributed by atoms with Crippen LogP contribution in [0, 0.1) is 68.0 Å². The fourth-order valence-corrected chi connectivity index (χ4v) is 15.3. The van der Waals surface area contributed by atoms with Crippen molar-refractivity contribution in [3.63, 3.8) is 0 Å². The van der Waals surface area contributed by atoms with Crippen LogP contribution in [-0.2, 0) is 19.1 Å². The average molecular weight is 735 g/mol. The molecule has 0 saturated heterocycles. The SMILES string of the molecule is CC(C)C1=C2[C@H]3CC[C@@H]4[C@@]5(C)CC[C@H](OC(=O)[C@H]6C[C@@H](C(=O)O)C6(C)C)C(C)(C)[C@@H]5CC[C@@]4(C)[C@]3(C)CC[C@@]2(CCNCC2(N)CCCCC2)CC1=O. The van der Waals surface area contributed by atoms with E-state index in [1.54, 1.807) is 5.57 Å². The molecule has 0 bridgehead atoms. The van der Waals surface area contributed by atoms with Crippen LogP contribution in [0.15, 0.2) is 11.1 Å². The lowest BCUT2D eigenvalue weighted by molar-refractivity contribution is -0.236. The molecule has 7 rings (SSSR count). The van der Waals surface area contributed by atoms with Gasteiger partial charge in [-0.25, -0.2) is 0 Å². The second kappa shape index (κ2) is 13.2. The number of fused-ring (bicyclic) bond motifs is 7. The number of allylic oxidation sites excluding steroid dienone is 2. The third-order valence-electron chi connectivity index (χ3n) is 18.7. The number of Topliss-reactive ketones (excluding diaryl/α,β-unsaturated/α-hetero) is 1. The number of carbonyl (C=O) groups excluding carboxylic acids is 2. The Morgan fingerprint density at radius 3 is 2.17 bits per heavy atom. The van der Waals surface area contributed by atoms with E-state index in [1.165, 1.54) is 50.5 Å². The highest BCUT2D eigenvalue weighted by Crippen LogP contribution is 2.77. The van der Waals surface area contributed by atoms with E-state index in [4.69, 9.17) is 10.5 Å². The zero-order valence-corrected chi connectivity index (χ0v) is 34.9. The summed E-state index contributed by atoms with van der Waals surface area (Å²) in [7, 11) is 0. The number of ether oxygens (including phenoxy) is 1. The van der Waals surface area contributed by atoms with E-state index in [-0.39, 0.29) is 56.5 Å². The number of aliphatic carboxylic acids is 1. The molecule has 4 N–H and O–H groups in total. The summed E-state index contributed by atoms with van der Waals surface area (Å²) in [6.45, 7) is 22.7. The minimum Gasteiger partial charge on any atom is -0.481 e. The first-order valence-electron chi connectivity index (χ1n) is 21.9. The maximum atomic E-state index is 14.1. The van der Waals surface area contributed by atoms with Gasteiger partial charge >= 0.3 is 11.9 Å². The number of carboxylic acid groups (broad SMARTS) is 1. The third kappa shape index (κ3) is 5.87. The van der Waals surface area contributed by atoms with Gasteiger partial charge in [0.05, 0.1) is 11.8 Å². The summed E-state index contributed by atoms with van der Waals surface area (Å²) < 4.78 is 6.44. The van der Waals surface area contributed by atoms with Gasteiger partial charge in [0.2, 0.25) is 0 Å². The molecule has 7 aliphatic carbocycles. The highest BCUT2D eigenvalue weighted by atomic mass is 16.5. The Kier molecular flexibility index (Phi) is 9.81. The van der Waals surface area contributed by atoms with E-state index in [9.17, 15) is 19.5 Å². The lowest BCUT2D eigenvalue weighted by Gasteiger charge is -2.72. The quantitative estimate of drug-likeness (QED) is 0.160. The Balaban J connectivity index is 1.10. The number of esters is 1. The summed E-state index contributed by atoms with van der Waals surface area (Å²) in [5, 5.41) is 13.5. The van der Waals surface area contributed by atoms with Crippen molar-refractivity contribution in [1.29, 1.82) is 0 Å². The Hall–Kier alpha value is -1.73. The zero-order chi connectivity index (χ0) is 38.6. The number of hydrogen-bond donors (Lipinski definition) is 3. The molecule has 0 aromatic rings. The number of ketones is 1. The van der Waals surface area contributed by atoms with E-state index in [0.717, 1.165) is 58.0 Å². The molecule has 0 unspecified atom stereocenters. The van der Waals surface area contributed by atoms with Gasteiger partial charge in [0.1, 0.15) is 6.10 Å². The molecule has 7 nitrogen and oxygen atoms in total. The third-order valence-corrected chi connectivity index (χ3v) is 18.7. The molecule has 0 aliphatic heterocycles. The molecule has 6 fully saturated rings. The average Bonchev–Trinajstić information content (AvgIpc) is 3.36. The Morgan fingerprint density at radius 2 is 1.53 bits per heavy atom. The standard InChI is InChI=1S/C46H74N2O5/c1-28(2)36-32(49)26-45(23-24-48-27-46(47)17-11-10-12-18-46)22-21-43(8)29(37(36)45)13-14-34-42(7)19-16-35(41(5,6)33(42)15-20-44(34,43)9)53-39(52)31-25-30(38(50)51)40(31,3)4/h28-31,33-35,48H,10-27,47H2,1-9H3,(H,50,51)/t29-,30+,31-,33+,34-,35+,42+,43-,44-,45-/m1/s1. The van der Waals surface area contributed by atoms with Gasteiger partial charge in [-0.1, -0.05) is 87.1 Å².